The standard InChI is InChI=1S/C15H31NO/c1-5-8-12(4)11-14(16-6-2)15(17-7-3)13-9-10-13/h12-16H,5-11H2,1-4H3. The summed E-state index contributed by atoms with van der Waals surface area (Å²) in [5, 5.41) is 3.65. The predicted molar refractivity (Wildman–Crippen MR) is 74.3 cm³/mol. The third kappa shape index (κ3) is 5.39. The molecule has 1 rings (SSSR count). The van der Waals surface area contributed by atoms with Gasteiger partial charge in [-0.3, -0.25) is 0 Å². The van der Waals surface area contributed by atoms with E-state index in [-0.39, 0.29) is 0 Å². The number of likely N-dealkylation sites (N-methyl/N-ethyl adjacent to an activating group) is 1. The molecule has 0 aliphatic heterocycles. The first-order valence-electron chi connectivity index (χ1n) is 7.57. The third-order valence-electron chi connectivity index (χ3n) is 3.75. The van der Waals surface area contributed by atoms with Crippen molar-refractivity contribution in [1.82, 2.24) is 5.32 Å². The number of hydrogen-bond acceptors (Lipinski definition) is 2. The molecule has 1 aliphatic carbocycles. The average Bonchev–Trinajstić information content (AvgIpc) is 3.09. The third-order valence-corrected chi connectivity index (χ3v) is 3.75. The van der Waals surface area contributed by atoms with Gasteiger partial charge in [0, 0.05) is 12.6 Å². The number of hydrogen-bond donors (Lipinski definition) is 1. The fourth-order valence-corrected chi connectivity index (χ4v) is 2.84. The normalized spacial score (nSPS) is 21.2. The van der Waals surface area contributed by atoms with E-state index in [0.717, 1.165) is 25.0 Å². The van der Waals surface area contributed by atoms with Crippen molar-refractivity contribution in [2.45, 2.75) is 71.9 Å². The predicted octanol–water partition coefficient (Wildman–Crippen LogP) is 3.61. The topological polar surface area (TPSA) is 21.3 Å². The molecule has 0 saturated heterocycles. The number of rotatable bonds is 10. The molecular weight excluding hydrogens is 210 g/mol. The van der Waals surface area contributed by atoms with Gasteiger partial charge in [-0.2, -0.15) is 0 Å². The Labute approximate surface area is 108 Å². The smallest absolute Gasteiger partial charge is 0.0756 e. The average molecular weight is 241 g/mol. The maximum Gasteiger partial charge on any atom is 0.0756 e. The maximum atomic E-state index is 6.00. The zero-order valence-corrected chi connectivity index (χ0v) is 12.2. The van der Waals surface area contributed by atoms with Gasteiger partial charge in [0.25, 0.3) is 0 Å². The van der Waals surface area contributed by atoms with E-state index in [4.69, 9.17) is 4.74 Å². The Morgan fingerprint density at radius 3 is 2.41 bits per heavy atom. The highest BCUT2D eigenvalue weighted by Crippen LogP contribution is 2.37. The first kappa shape index (κ1) is 15.0. The lowest BCUT2D eigenvalue weighted by Gasteiger charge is -2.30. The van der Waals surface area contributed by atoms with Gasteiger partial charge in [0.05, 0.1) is 6.10 Å². The van der Waals surface area contributed by atoms with Crippen LogP contribution in [0.25, 0.3) is 0 Å². The van der Waals surface area contributed by atoms with Crippen LogP contribution in [0.15, 0.2) is 0 Å². The molecule has 0 radical (unpaired) electrons. The molecule has 17 heavy (non-hydrogen) atoms. The summed E-state index contributed by atoms with van der Waals surface area (Å²) in [4.78, 5) is 0. The van der Waals surface area contributed by atoms with Gasteiger partial charge in [0.2, 0.25) is 0 Å². The Bertz CT molecular complexity index is 191. The molecule has 2 heteroatoms. The van der Waals surface area contributed by atoms with Gasteiger partial charge in [-0.15, -0.1) is 0 Å². The molecule has 0 spiro atoms. The summed E-state index contributed by atoms with van der Waals surface area (Å²) in [6, 6.07) is 0.564. The Kier molecular flexibility index (Phi) is 7.14. The van der Waals surface area contributed by atoms with Crippen LogP contribution in [0.2, 0.25) is 0 Å². The fourth-order valence-electron chi connectivity index (χ4n) is 2.84. The minimum absolute atomic E-state index is 0.458. The highest BCUT2D eigenvalue weighted by molar-refractivity contribution is 4.91. The summed E-state index contributed by atoms with van der Waals surface area (Å²) in [7, 11) is 0. The van der Waals surface area contributed by atoms with Gasteiger partial charge >= 0.3 is 0 Å². The molecule has 0 aromatic heterocycles. The molecular formula is C15H31NO. The molecule has 0 aromatic carbocycles. The first-order valence-corrected chi connectivity index (χ1v) is 7.57. The highest BCUT2D eigenvalue weighted by atomic mass is 16.5. The Morgan fingerprint density at radius 2 is 1.94 bits per heavy atom. The van der Waals surface area contributed by atoms with E-state index < -0.39 is 0 Å². The van der Waals surface area contributed by atoms with Crippen LogP contribution in [0.1, 0.15) is 59.8 Å². The van der Waals surface area contributed by atoms with E-state index in [1.165, 1.54) is 32.1 Å². The zero-order chi connectivity index (χ0) is 12.7. The molecule has 3 atom stereocenters. The highest BCUT2D eigenvalue weighted by Gasteiger charge is 2.37. The van der Waals surface area contributed by atoms with Crippen LogP contribution in [0, 0.1) is 11.8 Å². The molecule has 3 unspecified atom stereocenters. The van der Waals surface area contributed by atoms with Gasteiger partial charge in [0.15, 0.2) is 0 Å². The Balaban J connectivity index is 2.48. The SMILES string of the molecule is CCCC(C)CC(NCC)C(OCC)C1CC1. The van der Waals surface area contributed by atoms with E-state index >= 15 is 0 Å². The van der Waals surface area contributed by atoms with Crippen molar-refractivity contribution in [3.05, 3.63) is 0 Å². The minimum atomic E-state index is 0.458. The van der Waals surface area contributed by atoms with Crippen LogP contribution in [-0.4, -0.2) is 25.3 Å². The van der Waals surface area contributed by atoms with Crippen molar-refractivity contribution in [3.63, 3.8) is 0 Å². The van der Waals surface area contributed by atoms with Crippen molar-refractivity contribution in [1.29, 1.82) is 0 Å². The summed E-state index contributed by atoms with van der Waals surface area (Å²) in [5.41, 5.74) is 0. The van der Waals surface area contributed by atoms with Crippen molar-refractivity contribution in [2.75, 3.05) is 13.2 Å². The van der Waals surface area contributed by atoms with Gasteiger partial charge in [-0.05, 0) is 44.6 Å². The zero-order valence-electron chi connectivity index (χ0n) is 12.2. The van der Waals surface area contributed by atoms with Crippen LogP contribution in [0.3, 0.4) is 0 Å². The van der Waals surface area contributed by atoms with E-state index in [9.17, 15) is 0 Å². The number of ether oxygens (including phenoxy) is 1. The van der Waals surface area contributed by atoms with E-state index in [2.05, 4.69) is 33.0 Å². The van der Waals surface area contributed by atoms with Crippen LogP contribution < -0.4 is 5.32 Å². The largest absolute Gasteiger partial charge is 0.377 e. The maximum absolute atomic E-state index is 6.00. The summed E-state index contributed by atoms with van der Waals surface area (Å²) in [6.07, 6.45) is 7.10. The molecule has 102 valence electrons. The molecule has 2 nitrogen and oxygen atoms in total. The second kappa shape index (κ2) is 8.10. The lowest BCUT2D eigenvalue weighted by molar-refractivity contribution is 0.0135. The van der Waals surface area contributed by atoms with Crippen LogP contribution in [-0.2, 0) is 4.74 Å². The van der Waals surface area contributed by atoms with Crippen LogP contribution in [0.5, 0.6) is 0 Å². The van der Waals surface area contributed by atoms with Crippen molar-refractivity contribution >= 4 is 0 Å². The second-order valence-corrected chi connectivity index (χ2v) is 5.55. The van der Waals surface area contributed by atoms with Gasteiger partial charge in [0.1, 0.15) is 0 Å². The molecule has 1 aliphatic rings. The molecule has 0 bridgehead atoms. The summed E-state index contributed by atoms with van der Waals surface area (Å²) < 4.78 is 6.00. The Hall–Kier alpha value is -0.0800. The van der Waals surface area contributed by atoms with E-state index in [1.807, 2.05) is 0 Å². The minimum Gasteiger partial charge on any atom is -0.377 e. The van der Waals surface area contributed by atoms with Crippen molar-refractivity contribution < 1.29 is 4.74 Å². The van der Waals surface area contributed by atoms with Crippen molar-refractivity contribution in [3.8, 4) is 0 Å². The van der Waals surface area contributed by atoms with Crippen molar-refractivity contribution in [2.24, 2.45) is 11.8 Å². The molecule has 0 heterocycles. The molecule has 1 N–H and O–H groups in total. The summed E-state index contributed by atoms with van der Waals surface area (Å²) >= 11 is 0. The van der Waals surface area contributed by atoms with E-state index in [1.54, 1.807) is 0 Å². The fraction of sp³-hybridized carbons (Fsp3) is 1.00. The molecule has 1 saturated carbocycles. The summed E-state index contributed by atoms with van der Waals surface area (Å²) in [6.45, 7) is 10.9. The lowest BCUT2D eigenvalue weighted by Crippen LogP contribution is -2.43. The molecule has 1 fully saturated rings. The lowest BCUT2D eigenvalue weighted by atomic mass is 9.92. The molecule has 0 amide bonds. The van der Waals surface area contributed by atoms with Gasteiger partial charge < -0.3 is 10.1 Å². The quantitative estimate of drug-likeness (QED) is 0.631. The van der Waals surface area contributed by atoms with E-state index in [0.29, 0.717) is 12.1 Å². The van der Waals surface area contributed by atoms with Crippen LogP contribution in [0.4, 0.5) is 0 Å². The van der Waals surface area contributed by atoms with Gasteiger partial charge in [-0.25, -0.2) is 0 Å². The second-order valence-electron chi connectivity index (χ2n) is 5.55. The van der Waals surface area contributed by atoms with Crippen LogP contribution >= 0.6 is 0 Å². The first-order chi connectivity index (χ1) is 8.22. The Morgan fingerprint density at radius 1 is 1.24 bits per heavy atom. The summed E-state index contributed by atoms with van der Waals surface area (Å²) in [5.74, 6) is 1.64. The molecule has 0 aromatic rings. The monoisotopic (exact) mass is 241 g/mol. The number of nitrogens with one attached hydrogen (secondary N) is 1. The van der Waals surface area contributed by atoms with Gasteiger partial charge in [-0.1, -0.05) is 33.6 Å².